The number of amides is 1. The van der Waals surface area contributed by atoms with Crippen LogP contribution in [0.4, 0.5) is 0 Å². The first-order valence-electron chi connectivity index (χ1n) is 6.06. The number of piperidine rings is 1. The van der Waals surface area contributed by atoms with Crippen molar-refractivity contribution < 1.29 is 9.32 Å². The van der Waals surface area contributed by atoms with Crippen molar-refractivity contribution in [1.82, 2.24) is 20.8 Å². The van der Waals surface area contributed by atoms with Gasteiger partial charge in [-0.25, -0.2) is 0 Å². The maximum Gasteiger partial charge on any atom is 0.292 e. The molecular weight excluding hydrogens is 220 g/mol. The van der Waals surface area contributed by atoms with Crippen LogP contribution in [0.5, 0.6) is 0 Å². The molecule has 0 aromatic carbocycles. The molecule has 2 N–H and O–H groups in total. The minimum Gasteiger partial charge on any atom is -0.349 e. The van der Waals surface area contributed by atoms with Crippen LogP contribution in [-0.4, -0.2) is 29.1 Å². The average Bonchev–Trinajstić information content (AvgIpc) is 2.78. The van der Waals surface area contributed by atoms with Gasteiger partial charge in [0.25, 0.3) is 11.7 Å². The summed E-state index contributed by atoms with van der Waals surface area (Å²) in [5, 5.41) is 9.66. The van der Waals surface area contributed by atoms with Crippen LogP contribution in [0.2, 0.25) is 0 Å². The lowest BCUT2D eigenvalue weighted by molar-refractivity contribution is 0.0942. The molecule has 1 fully saturated rings. The average molecular weight is 238 g/mol. The van der Waals surface area contributed by atoms with Crippen LogP contribution in [0.25, 0.3) is 0 Å². The van der Waals surface area contributed by atoms with Gasteiger partial charge in [-0.15, -0.1) is 0 Å². The van der Waals surface area contributed by atoms with Gasteiger partial charge in [0.1, 0.15) is 0 Å². The Hall–Kier alpha value is -1.43. The standard InChI is InChI=1S/C11H18N4O2/c1-3-12-10(16)9-14-11(17-15-9)8-6-7(2)4-5-13-8/h7-8,13H,3-6H2,1-2H3,(H,12,16). The van der Waals surface area contributed by atoms with E-state index in [9.17, 15) is 4.79 Å². The minimum absolute atomic E-state index is 0.0782. The van der Waals surface area contributed by atoms with Gasteiger partial charge in [-0.2, -0.15) is 4.98 Å². The summed E-state index contributed by atoms with van der Waals surface area (Å²) >= 11 is 0. The zero-order valence-corrected chi connectivity index (χ0v) is 10.2. The first-order chi connectivity index (χ1) is 8.20. The predicted octanol–water partition coefficient (Wildman–Crippen LogP) is 0.880. The summed E-state index contributed by atoms with van der Waals surface area (Å²) in [7, 11) is 0. The van der Waals surface area contributed by atoms with Crippen LogP contribution < -0.4 is 10.6 Å². The van der Waals surface area contributed by atoms with Gasteiger partial charge in [0, 0.05) is 6.54 Å². The smallest absolute Gasteiger partial charge is 0.292 e. The second-order valence-electron chi connectivity index (χ2n) is 4.45. The molecule has 17 heavy (non-hydrogen) atoms. The van der Waals surface area contributed by atoms with Crippen molar-refractivity contribution in [3.8, 4) is 0 Å². The van der Waals surface area contributed by atoms with Crippen molar-refractivity contribution >= 4 is 5.91 Å². The molecule has 0 radical (unpaired) electrons. The second kappa shape index (κ2) is 5.27. The molecule has 1 aromatic heterocycles. The van der Waals surface area contributed by atoms with Crippen LogP contribution in [0.3, 0.4) is 0 Å². The number of nitrogens with zero attached hydrogens (tertiary/aromatic N) is 2. The van der Waals surface area contributed by atoms with E-state index in [0.29, 0.717) is 18.4 Å². The largest absolute Gasteiger partial charge is 0.349 e. The zero-order valence-electron chi connectivity index (χ0n) is 10.2. The van der Waals surface area contributed by atoms with Crippen LogP contribution >= 0.6 is 0 Å². The Bertz CT molecular complexity index is 391. The van der Waals surface area contributed by atoms with Crippen molar-refractivity contribution in [2.24, 2.45) is 5.92 Å². The van der Waals surface area contributed by atoms with Crippen molar-refractivity contribution in [2.45, 2.75) is 32.7 Å². The molecule has 2 atom stereocenters. The molecule has 1 aliphatic heterocycles. The summed E-state index contributed by atoms with van der Waals surface area (Å²) in [6.07, 6.45) is 2.13. The van der Waals surface area contributed by atoms with E-state index >= 15 is 0 Å². The number of carbonyl (C=O) groups excluding carboxylic acids is 1. The highest BCUT2D eigenvalue weighted by atomic mass is 16.5. The van der Waals surface area contributed by atoms with Gasteiger partial charge in [-0.05, 0) is 32.2 Å². The zero-order chi connectivity index (χ0) is 12.3. The fourth-order valence-electron chi connectivity index (χ4n) is 2.00. The first kappa shape index (κ1) is 12.0. The van der Waals surface area contributed by atoms with E-state index in [1.54, 1.807) is 0 Å². The Kier molecular flexibility index (Phi) is 3.73. The minimum atomic E-state index is -0.286. The molecule has 1 aromatic rings. The summed E-state index contributed by atoms with van der Waals surface area (Å²) in [4.78, 5) is 15.6. The molecule has 2 rings (SSSR count). The van der Waals surface area contributed by atoms with E-state index in [2.05, 4.69) is 27.7 Å². The molecule has 6 nitrogen and oxygen atoms in total. The number of nitrogens with one attached hydrogen (secondary N) is 2. The monoisotopic (exact) mass is 238 g/mol. The van der Waals surface area contributed by atoms with Gasteiger partial charge < -0.3 is 15.2 Å². The van der Waals surface area contributed by atoms with E-state index in [-0.39, 0.29) is 17.8 Å². The fourth-order valence-corrected chi connectivity index (χ4v) is 2.00. The molecule has 6 heteroatoms. The molecule has 0 aliphatic carbocycles. The Morgan fingerprint density at radius 3 is 3.18 bits per heavy atom. The maximum absolute atomic E-state index is 11.5. The summed E-state index contributed by atoms with van der Waals surface area (Å²) in [6.45, 7) is 5.56. The second-order valence-corrected chi connectivity index (χ2v) is 4.45. The molecule has 2 heterocycles. The van der Waals surface area contributed by atoms with E-state index in [0.717, 1.165) is 19.4 Å². The van der Waals surface area contributed by atoms with Crippen molar-refractivity contribution in [2.75, 3.05) is 13.1 Å². The summed E-state index contributed by atoms with van der Waals surface area (Å²) in [6, 6.07) is 0.0782. The molecule has 0 bridgehead atoms. The van der Waals surface area contributed by atoms with Gasteiger partial charge in [-0.1, -0.05) is 12.1 Å². The highest BCUT2D eigenvalue weighted by Crippen LogP contribution is 2.25. The van der Waals surface area contributed by atoms with Crippen molar-refractivity contribution in [1.29, 1.82) is 0 Å². The first-order valence-corrected chi connectivity index (χ1v) is 6.06. The Morgan fingerprint density at radius 1 is 1.65 bits per heavy atom. The molecule has 0 saturated carbocycles. The van der Waals surface area contributed by atoms with Gasteiger partial charge in [0.05, 0.1) is 6.04 Å². The molecule has 94 valence electrons. The molecule has 0 spiro atoms. The third kappa shape index (κ3) is 2.82. The van der Waals surface area contributed by atoms with Gasteiger partial charge in [-0.3, -0.25) is 4.79 Å². The highest BCUT2D eigenvalue weighted by Gasteiger charge is 2.25. The Labute approximate surface area is 100 Å². The lowest BCUT2D eigenvalue weighted by Crippen LogP contribution is -2.31. The van der Waals surface area contributed by atoms with Gasteiger partial charge in [0.2, 0.25) is 5.89 Å². The highest BCUT2D eigenvalue weighted by molar-refractivity contribution is 5.90. The molecular formula is C11H18N4O2. The van der Waals surface area contributed by atoms with Crippen molar-refractivity contribution in [3.05, 3.63) is 11.7 Å². The summed E-state index contributed by atoms with van der Waals surface area (Å²) < 4.78 is 5.14. The lowest BCUT2D eigenvalue weighted by Gasteiger charge is -2.25. The van der Waals surface area contributed by atoms with E-state index in [4.69, 9.17) is 4.52 Å². The molecule has 2 unspecified atom stereocenters. The maximum atomic E-state index is 11.5. The van der Waals surface area contributed by atoms with Crippen LogP contribution in [-0.2, 0) is 0 Å². The summed E-state index contributed by atoms with van der Waals surface area (Å²) in [5.41, 5.74) is 0. The third-order valence-electron chi connectivity index (χ3n) is 2.95. The molecule has 1 amide bonds. The number of carbonyl (C=O) groups is 1. The SMILES string of the molecule is CCNC(=O)c1noc(C2CC(C)CCN2)n1. The van der Waals surface area contributed by atoms with Crippen LogP contribution in [0.1, 0.15) is 49.2 Å². The Balaban J connectivity index is 2.04. The topological polar surface area (TPSA) is 80.0 Å². The van der Waals surface area contributed by atoms with Gasteiger partial charge >= 0.3 is 0 Å². The van der Waals surface area contributed by atoms with Crippen LogP contribution in [0, 0.1) is 5.92 Å². The van der Waals surface area contributed by atoms with Crippen molar-refractivity contribution in [3.63, 3.8) is 0 Å². The van der Waals surface area contributed by atoms with Crippen LogP contribution in [0.15, 0.2) is 4.52 Å². The molecule has 1 aliphatic rings. The number of rotatable bonds is 3. The molecule has 1 saturated heterocycles. The third-order valence-corrected chi connectivity index (χ3v) is 2.95. The summed E-state index contributed by atoms with van der Waals surface area (Å²) in [5.74, 6) is 0.979. The quantitative estimate of drug-likeness (QED) is 0.817. The Morgan fingerprint density at radius 2 is 2.47 bits per heavy atom. The number of hydrogen-bond acceptors (Lipinski definition) is 5. The number of hydrogen-bond donors (Lipinski definition) is 2. The fraction of sp³-hybridized carbons (Fsp3) is 0.727. The lowest BCUT2D eigenvalue weighted by atomic mass is 9.94. The normalized spacial score (nSPS) is 24.6. The van der Waals surface area contributed by atoms with E-state index in [1.165, 1.54) is 0 Å². The predicted molar refractivity (Wildman–Crippen MR) is 61.4 cm³/mol. The van der Waals surface area contributed by atoms with Gasteiger partial charge in [0.15, 0.2) is 0 Å². The van der Waals surface area contributed by atoms with E-state index in [1.807, 2.05) is 6.92 Å². The number of aromatic nitrogens is 2. The van der Waals surface area contributed by atoms with E-state index < -0.39 is 0 Å².